The van der Waals surface area contributed by atoms with E-state index >= 15 is 0 Å². The number of carbonyl (C=O) groups is 1. The van der Waals surface area contributed by atoms with Gasteiger partial charge in [-0.3, -0.25) is 9.10 Å². The van der Waals surface area contributed by atoms with E-state index in [1.165, 1.54) is 11.4 Å². The fraction of sp³-hybridized carbons (Fsp3) is 0.533. The summed E-state index contributed by atoms with van der Waals surface area (Å²) in [5.41, 5.74) is 0.917. The molecular formula is C15H22N2O4S. The van der Waals surface area contributed by atoms with Gasteiger partial charge in [0.1, 0.15) is 0 Å². The van der Waals surface area contributed by atoms with Crippen molar-refractivity contribution in [2.24, 2.45) is 0 Å². The third-order valence-corrected chi connectivity index (χ3v) is 5.54. The Morgan fingerprint density at radius 1 is 1.45 bits per heavy atom. The maximum atomic E-state index is 12.2. The molecule has 2 rings (SSSR count). The number of carbonyl (C=O) groups excluding carboxylic acids is 1. The summed E-state index contributed by atoms with van der Waals surface area (Å²) >= 11 is 0. The van der Waals surface area contributed by atoms with E-state index in [2.05, 4.69) is 5.32 Å². The molecule has 22 heavy (non-hydrogen) atoms. The number of amides is 1. The number of hydrogen-bond acceptors (Lipinski definition) is 4. The van der Waals surface area contributed by atoms with Gasteiger partial charge in [0.2, 0.25) is 10.0 Å². The molecule has 1 aliphatic heterocycles. The summed E-state index contributed by atoms with van der Waals surface area (Å²) in [5, 5.41) is 2.83. The van der Waals surface area contributed by atoms with Crippen LogP contribution in [-0.4, -0.2) is 46.4 Å². The molecule has 0 aliphatic carbocycles. The summed E-state index contributed by atoms with van der Waals surface area (Å²) in [6.45, 7) is 2.81. The van der Waals surface area contributed by atoms with E-state index in [4.69, 9.17) is 4.74 Å². The molecule has 0 aromatic heterocycles. The van der Waals surface area contributed by atoms with Gasteiger partial charge in [-0.05, 0) is 38.0 Å². The molecule has 0 bridgehead atoms. The number of rotatable bonds is 6. The van der Waals surface area contributed by atoms with Crippen molar-refractivity contribution >= 4 is 21.6 Å². The monoisotopic (exact) mass is 326 g/mol. The Morgan fingerprint density at radius 3 is 2.86 bits per heavy atom. The third kappa shape index (κ3) is 3.98. The van der Waals surface area contributed by atoms with Crippen LogP contribution in [0.1, 0.15) is 30.1 Å². The predicted octanol–water partition coefficient (Wildman–Crippen LogP) is 1.38. The van der Waals surface area contributed by atoms with Crippen molar-refractivity contribution in [2.75, 3.05) is 30.3 Å². The average molecular weight is 326 g/mol. The molecule has 1 atom stereocenters. The molecule has 1 aliphatic rings. The molecule has 122 valence electrons. The van der Waals surface area contributed by atoms with Crippen LogP contribution in [0.4, 0.5) is 5.69 Å². The first-order valence-electron chi connectivity index (χ1n) is 7.40. The first-order valence-corrected chi connectivity index (χ1v) is 9.01. The Morgan fingerprint density at radius 2 is 2.23 bits per heavy atom. The van der Waals surface area contributed by atoms with Crippen molar-refractivity contribution in [3.05, 3.63) is 29.8 Å². The maximum Gasteiger partial charge on any atom is 0.251 e. The summed E-state index contributed by atoms with van der Waals surface area (Å²) in [7, 11) is -1.85. The van der Waals surface area contributed by atoms with E-state index < -0.39 is 10.0 Å². The molecule has 0 spiro atoms. The van der Waals surface area contributed by atoms with E-state index in [-0.39, 0.29) is 17.8 Å². The van der Waals surface area contributed by atoms with Crippen molar-refractivity contribution in [2.45, 2.75) is 25.9 Å². The number of ether oxygens (including phenoxy) is 1. The van der Waals surface area contributed by atoms with Crippen LogP contribution >= 0.6 is 0 Å². The van der Waals surface area contributed by atoms with Crippen LogP contribution in [0.15, 0.2) is 24.3 Å². The predicted molar refractivity (Wildman–Crippen MR) is 85.6 cm³/mol. The molecular weight excluding hydrogens is 304 g/mol. The lowest BCUT2D eigenvalue weighted by atomic mass is 10.2. The molecule has 1 saturated heterocycles. The Bertz CT molecular complexity index is 624. The minimum absolute atomic E-state index is 0.0128. The lowest BCUT2D eigenvalue weighted by Crippen LogP contribution is -2.32. The highest BCUT2D eigenvalue weighted by Crippen LogP contribution is 2.18. The highest BCUT2D eigenvalue weighted by Gasteiger charge is 2.19. The topological polar surface area (TPSA) is 75.7 Å². The van der Waals surface area contributed by atoms with Gasteiger partial charge in [0, 0.05) is 25.8 Å². The number of benzene rings is 1. The van der Waals surface area contributed by atoms with Gasteiger partial charge >= 0.3 is 0 Å². The first kappa shape index (κ1) is 16.8. The molecule has 6 nitrogen and oxygen atoms in total. The molecule has 1 aromatic carbocycles. The summed E-state index contributed by atoms with van der Waals surface area (Å²) < 4.78 is 30.4. The molecule has 7 heteroatoms. The third-order valence-electron chi connectivity index (χ3n) is 3.77. The van der Waals surface area contributed by atoms with Gasteiger partial charge in [-0.1, -0.05) is 6.07 Å². The van der Waals surface area contributed by atoms with Crippen LogP contribution in [0.5, 0.6) is 0 Å². The van der Waals surface area contributed by atoms with Crippen LogP contribution < -0.4 is 9.62 Å². The Kier molecular flexibility index (Phi) is 5.42. The van der Waals surface area contributed by atoms with Crippen molar-refractivity contribution in [3.63, 3.8) is 0 Å². The van der Waals surface area contributed by atoms with Crippen LogP contribution in [0.25, 0.3) is 0 Å². The second-order valence-corrected chi connectivity index (χ2v) is 7.55. The largest absolute Gasteiger partial charge is 0.376 e. The number of anilines is 1. The number of hydrogen-bond donors (Lipinski definition) is 1. The molecule has 0 saturated carbocycles. The molecule has 0 radical (unpaired) electrons. The Balaban J connectivity index is 2.05. The SMILES string of the molecule is CCS(=O)(=O)N(C)c1cccc(C(=O)NC[C@@H]2CCCO2)c1. The number of nitrogens with zero attached hydrogens (tertiary/aromatic N) is 1. The molecule has 1 N–H and O–H groups in total. The van der Waals surface area contributed by atoms with Gasteiger partial charge in [0.05, 0.1) is 17.5 Å². The zero-order valence-corrected chi connectivity index (χ0v) is 13.7. The first-order chi connectivity index (χ1) is 10.4. The lowest BCUT2D eigenvalue weighted by molar-refractivity contribution is 0.0858. The van der Waals surface area contributed by atoms with Crippen LogP contribution in [0, 0.1) is 0 Å². The lowest BCUT2D eigenvalue weighted by Gasteiger charge is -2.19. The van der Waals surface area contributed by atoms with E-state index in [1.807, 2.05) is 0 Å². The van der Waals surface area contributed by atoms with Gasteiger partial charge in [-0.2, -0.15) is 0 Å². The van der Waals surface area contributed by atoms with Crippen molar-refractivity contribution in [3.8, 4) is 0 Å². The van der Waals surface area contributed by atoms with Gasteiger partial charge < -0.3 is 10.1 Å². The molecule has 0 unspecified atom stereocenters. The highest BCUT2D eigenvalue weighted by molar-refractivity contribution is 7.92. The summed E-state index contributed by atoms with van der Waals surface area (Å²) in [4.78, 5) is 12.2. The second-order valence-electron chi connectivity index (χ2n) is 5.26. The zero-order valence-electron chi connectivity index (χ0n) is 12.9. The smallest absolute Gasteiger partial charge is 0.251 e. The van der Waals surface area contributed by atoms with Crippen molar-refractivity contribution in [1.82, 2.24) is 5.32 Å². The van der Waals surface area contributed by atoms with Crippen LogP contribution in [0.3, 0.4) is 0 Å². The standard InChI is InChI=1S/C15H22N2O4S/c1-3-22(19,20)17(2)13-7-4-6-12(10-13)15(18)16-11-14-8-5-9-21-14/h4,6-7,10,14H,3,5,8-9,11H2,1-2H3,(H,16,18)/t14-/m0/s1. The molecule has 1 aromatic rings. The quantitative estimate of drug-likeness (QED) is 0.857. The van der Waals surface area contributed by atoms with E-state index in [1.54, 1.807) is 31.2 Å². The zero-order chi connectivity index (χ0) is 16.2. The fourth-order valence-corrected chi connectivity index (χ4v) is 3.13. The van der Waals surface area contributed by atoms with Gasteiger partial charge in [-0.15, -0.1) is 0 Å². The second kappa shape index (κ2) is 7.11. The fourth-order valence-electron chi connectivity index (χ4n) is 2.31. The van der Waals surface area contributed by atoms with E-state index in [0.29, 0.717) is 17.8 Å². The van der Waals surface area contributed by atoms with Gasteiger partial charge in [-0.25, -0.2) is 8.42 Å². The number of sulfonamides is 1. The van der Waals surface area contributed by atoms with Crippen LogP contribution in [-0.2, 0) is 14.8 Å². The Labute approximate surface area is 131 Å². The minimum atomic E-state index is -3.34. The average Bonchev–Trinajstić information content (AvgIpc) is 3.05. The highest BCUT2D eigenvalue weighted by atomic mass is 32.2. The normalized spacial score (nSPS) is 18.2. The van der Waals surface area contributed by atoms with E-state index in [9.17, 15) is 13.2 Å². The van der Waals surface area contributed by atoms with Crippen molar-refractivity contribution in [1.29, 1.82) is 0 Å². The van der Waals surface area contributed by atoms with Gasteiger partial charge in [0.15, 0.2) is 0 Å². The number of nitrogens with one attached hydrogen (secondary N) is 1. The summed E-state index contributed by atoms with van der Waals surface area (Å²) in [6.07, 6.45) is 2.06. The molecule has 1 heterocycles. The molecule has 1 amide bonds. The van der Waals surface area contributed by atoms with Crippen LogP contribution in [0.2, 0.25) is 0 Å². The Hall–Kier alpha value is -1.60. The molecule has 1 fully saturated rings. The van der Waals surface area contributed by atoms with E-state index in [0.717, 1.165) is 19.4 Å². The van der Waals surface area contributed by atoms with Crippen molar-refractivity contribution < 1.29 is 17.9 Å². The maximum absolute atomic E-state index is 12.2. The summed E-state index contributed by atoms with van der Waals surface area (Å²) in [5.74, 6) is -0.210. The summed E-state index contributed by atoms with van der Waals surface area (Å²) in [6, 6.07) is 6.60. The van der Waals surface area contributed by atoms with Gasteiger partial charge in [0.25, 0.3) is 5.91 Å². The minimum Gasteiger partial charge on any atom is -0.376 e.